The topological polar surface area (TPSA) is 65.8 Å². The Balaban J connectivity index is 1.77. The smallest absolute Gasteiger partial charge is 0.322 e. The van der Waals surface area contributed by atoms with Crippen LogP contribution in [-0.4, -0.2) is 34.8 Å². The average molecular weight is 456 g/mol. The van der Waals surface area contributed by atoms with Gasteiger partial charge in [-0.1, -0.05) is 38.1 Å². The predicted octanol–water partition coefficient (Wildman–Crippen LogP) is 5.28. The molecule has 3 amide bonds. The first kappa shape index (κ1) is 24.0. The van der Waals surface area contributed by atoms with Crippen molar-refractivity contribution in [2.45, 2.75) is 26.9 Å². The molecule has 1 N–H and O–H groups in total. The second-order valence-corrected chi connectivity index (χ2v) is 8.14. The average Bonchev–Trinajstić information content (AvgIpc) is 3.28. The van der Waals surface area contributed by atoms with Gasteiger partial charge in [0.1, 0.15) is 23.9 Å². The van der Waals surface area contributed by atoms with Gasteiger partial charge in [-0.05, 0) is 47.9 Å². The number of furan rings is 1. The molecule has 0 bridgehead atoms. The van der Waals surface area contributed by atoms with Crippen molar-refractivity contribution in [1.29, 1.82) is 0 Å². The van der Waals surface area contributed by atoms with Crippen LogP contribution in [0.1, 0.15) is 25.2 Å². The number of benzene rings is 2. The molecule has 8 heteroatoms. The van der Waals surface area contributed by atoms with Crippen LogP contribution in [0.25, 0.3) is 0 Å². The number of amides is 3. The van der Waals surface area contributed by atoms with Crippen LogP contribution in [0.15, 0.2) is 71.3 Å². The molecule has 2 aromatic carbocycles. The second kappa shape index (κ2) is 11.3. The van der Waals surface area contributed by atoms with E-state index < -0.39 is 11.8 Å². The molecule has 0 saturated carbocycles. The van der Waals surface area contributed by atoms with E-state index in [9.17, 15) is 18.4 Å². The number of carbonyl (C=O) groups is 2. The molecule has 0 unspecified atom stereocenters. The summed E-state index contributed by atoms with van der Waals surface area (Å²) in [5, 5.41) is 2.54. The third kappa shape index (κ3) is 7.17. The highest BCUT2D eigenvalue weighted by Gasteiger charge is 2.24. The molecule has 0 aliphatic heterocycles. The molecule has 0 aliphatic rings. The van der Waals surface area contributed by atoms with Crippen LogP contribution >= 0.6 is 0 Å². The highest BCUT2D eigenvalue weighted by molar-refractivity contribution is 5.92. The molecular formula is C25H27F2N3O3. The third-order valence-electron chi connectivity index (χ3n) is 4.88. The van der Waals surface area contributed by atoms with Gasteiger partial charge in [0.15, 0.2) is 0 Å². The molecule has 0 fully saturated rings. The van der Waals surface area contributed by atoms with Crippen molar-refractivity contribution >= 4 is 17.6 Å². The Bertz CT molecular complexity index is 1050. The first-order valence-electron chi connectivity index (χ1n) is 10.7. The molecule has 1 aromatic heterocycles. The van der Waals surface area contributed by atoms with E-state index in [-0.39, 0.29) is 43.0 Å². The zero-order valence-corrected chi connectivity index (χ0v) is 18.6. The fraction of sp³-hybridized carbons (Fsp3) is 0.280. The van der Waals surface area contributed by atoms with E-state index in [2.05, 4.69) is 5.32 Å². The molecule has 33 heavy (non-hydrogen) atoms. The third-order valence-corrected chi connectivity index (χ3v) is 4.88. The second-order valence-electron chi connectivity index (χ2n) is 8.14. The van der Waals surface area contributed by atoms with E-state index in [4.69, 9.17) is 4.42 Å². The van der Waals surface area contributed by atoms with Gasteiger partial charge in [0.25, 0.3) is 0 Å². The van der Waals surface area contributed by atoms with Gasteiger partial charge in [-0.25, -0.2) is 13.6 Å². The summed E-state index contributed by atoms with van der Waals surface area (Å²) in [6.45, 7) is 4.34. The molecule has 0 aliphatic carbocycles. The Labute approximate surface area is 191 Å². The fourth-order valence-electron chi connectivity index (χ4n) is 3.31. The van der Waals surface area contributed by atoms with Crippen LogP contribution in [0.2, 0.25) is 0 Å². The Morgan fingerprint density at radius 3 is 2.30 bits per heavy atom. The number of hydrogen-bond donors (Lipinski definition) is 1. The summed E-state index contributed by atoms with van der Waals surface area (Å²) in [6, 6.07) is 14.6. The molecule has 3 aromatic rings. The van der Waals surface area contributed by atoms with Crippen LogP contribution in [-0.2, 0) is 17.9 Å². The maximum atomic E-state index is 14.0. The monoisotopic (exact) mass is 455 g/mol. The van der Waals surface area contributed by atoms with E-state index in [1.54, 1.807) is 30.3 Å². The lowest BCUT2D eigenvalue weighted by molar-refractivity contribution is -0.133. The fourth-order valence-corrected chi connectivity index (χ4v) is 3.31. The van der Waals surface area contributed by atoms with E-state index in [0.29, 0.717) is 12.3 Å². The molecular weight excluding hydrogens is 428 g/mol. The van der Waals surface area contributed by atoms with Crippen molar-refractivity contribution in [3.8, 4) is 0 Å². The van der Waals surface area contributed by atoms with Crippen molar-refractivity contribution in [3.63, 3.8) is 0 Å². The highest BCUT2D eigenvalue weighted by Crippen LogP contribution is 2.16. The molecule has 1 heterocycles. The van der Waals surface area contributed by atoms with Gasteiger partial charge in [-0.3, -0.25) is 4.79 Å². The number of rotatable bonds is 9. The standard InChI is InChI=1S/C25H27F2N3O3/c1-18(2)14-30(25(32)28-23-8-4-3-7-22(23)27)17-24(31)29(16-21-6-5-13-33-21)15-19-9-11-20(26)12-10-19/h3-13,18H,14-17H2,1-2H3,(H,28,32). The van der Waals surface area contributed by atoms with Crippen molar-refractivity contribution in [1.82, 2.24) is 9.80 Å². The number of nitrogens with zero attached hydrogens (tertiary/aromatic N) is 2. The number of anilines is 1. The zero-order chi connectivity index (χ0) is 23.8. The highest BCUT2D eigenvalue weighted by atomic mass is 19.1. The van der Waals surface area contributed by atoms with Gasteiger partial charge >= 0.3 is 6.03 Å². The Hall–Kier alpha value is -3.68. The van der Waals surface area contributed by atoms with Crippen molar-refractivity contribution < 1.29 is 22.8 Å². The molecule has 174 valence electrons. The van der Waals surface area contributed by atoms with E-state index in [1.165, 1.54) is 46.4 Å². The molecule has 0 spiro atoms. The van der Waals surface area contributed by atoms with Crippen LogP contribution in [0.4, 0.5) is 19.3 Å². The summed E-state index contributed by atoms with van der Waals surface area (Å²) >= 11 is 0. The normalized spacial score (nSPS) is 10.8. The van der Waals surface area contributed by atoms with Crippen molar-refractivity contribution in [2.75, 3.05) is 18.4 Å². The molecule has 6 nitrogen and oxygen atoms in total. The number of carbonyl (C=O) groups excluding carboxylic acids is 2. The van der Waals surface area contributed by atoms with E-state index >= 15 is 0 Å². The molecule has 3 rings (SSSR count). The van der Waals surface area contributed by atoms with Crippen molar-refractivity contribution in [3.05, 3.63) is 89.9 Å². The summed E-state index contributed by atoms with van der Waals surface area (Å²) < 4.78 is 32.7. The number of hydrogen-bond acceptors (Lipinski definition) is 3. The Kier molecular flexibility index (Phi) is 8.18. The predicted molar refractivity (Wildman–Crippen MR) is 121 cm³/mol. The summed E-state index contributed by atoms with van der Waals surface area (Å²) in [6.07, 6.45) is 1.52. The minimum absolute atomic E-state index is 0.0439. The largest absolute Gasteiger partial charge is 0.467 e. The van der Waals surface area contributed by atoms with Gasteiger partial charge in [-0.15, -0.1) is 0 Å². The van der Waals surface area contributed by atoms with Crippen LogP contribution in [0.3, 0.4) is 0 Å². The minimum Gasteiger partial charge on any atom is -0.467 e. The Morgan fingerprint density at radius 2 is 1.67 bits per heavy atom. The lowest BCUT2D eigenvalue weighted by Crippen LogP contribution is -2.45. The van der Waals surface area contributed by atoms with Gasteiger partial charge in [0.2, 0.25) is 5.91 Å². The lowest BCUT2D eigenvalue weighted by atomic mass is 10.2. The minimum atomic E-state index is -0.568. The van der Waals surface area contributed by atoms with E-state index in [1.807, 2.05) is 13.8 Å². The number of para-hydroxylation sites is 1. The summed E-state index contributed by atoms with van der Waals surface area (Å²) in [4.78, 5) is 29.1. The lowest BCUT2D eigenvalue weighted by Gasteiger charge is -2.28. The van der Waals surface area contributed by atoms with Gasteiger partial charge in [0.05, 0.1) is 18.5 Å². The van der Waals surface area contributed by atoms with E-state index in [0.717, 1.165) is 5.56 Å². The zero-order valence-electron chi connectivity index (χ0n) is 18.6. The molecule has 0 saturated heterocycles. The number of halogens is 2. The van der Waals surface area contributed by atoms with Gasteiger partial charge < -0.3 is 19.5 Å². The van der Waals surface area contributed by atoms with Crippen LogP contribution < -0.4 is 5.32 Å². The maximum Gasteiger partial charge on any atom is 0.322 e. The summed E-state index contributed by atoms with van der Waals surface area (Å²) in [5.74, 6) is -0.579. The first-order chi connectivity index (χ1) is 15.8. The van der Waals surface area contributed by atoms with Crippen molar-refractivity contribution in [2.24, 2.45) is 5.92 Å². The quantitative estimate of drug-likeness (QED) is 0.478. The molecule has 0 atom stereocenters. The molecule has 0 radical (unpaired) electrons. The van der Waals surface area contributed by atoms with Gasteiger partial charge in [0, 0.05) is 13.1 Å². The Morgan fingerprint density at radius 1 is 0.939 bits per heavy atom. The maximum absolute atomic E-state index is 14.0. The summed E-state index contributed by atoms with van der Waals surface area (Å²) in [5.41, 5.74) is 0.782. The van der Waals surface area contributed by atoms with Crippen LogP contribution in [0.5, 0.6) is 0 Å². The number of nitrogens with one attached hydrogen (secondary N) is 1. The summed E-state index contributed by atoms with van der Waals surface area (Å²) in [7, 11) is 0. The number of urea groups is 1. The first-order valence-corrected chi connectivity index (χ1v) is 10.7. The van der Waals surface area contributed by atoms with Crippen LogP contribution in [0, 0.1) is 17.6 Å². The van der Waals surface area contributed by atoms with Gasteiger partial charge in [-0.2, -0.15) is 0 Å². The SMILES string of the molecule is CC(C)CN(CC(=O)N(Cc1ccc(F)cc1)Cc1ccco1)C(=O)Nc1ccccc1F.